The molecular formula is C13H17ClN2O. The van der Waals surface area contributed by atoms with E-state index in [0.29, 0.717) is 23.0 Å². The SMILES string of the molecule is Clc1ccnc(O[C@@H]2C[C@H]3CCC[C@@H](C2)N3)c1. The molecule has 3 heterocycles. The van der Waals surface area contributed by atoms with Crippen molar-refractivity contribution in [1.82, 2.24) is 10.3 Å². The first-order valence-corrected chi connectivity index (χ1v) is 6.71. The molecule has 1 aromatic rings. The first-order valence-electron chi connectivity index (χ1n) is 6.34. The van der Waals surface area contributed by atoms with Crippen LogP contribution in [0.25, 0.3) is 0 Å². The molecule has 0 spiro atoms. The Morgan fingerprint density at radius 3 is 2.76 bits per heavy atom. The molecule has 3 nitrogen and oxygen atoms in total. The minimum Gasteiger partial charge on any atom is -0.474 e. The summed E-state index contributed by atoms with van der Waals surface area (Å²) in [7, 11) is 0. The van der Waals surface area contributed by atoms with Gasteiger partial charge < -0.3 is 10.1 Å². The van der Waals surface area contributed by atoms with Gasteiger partial charge in [-0.1, -0.05) is 18.0 Å². The van der Waals surface area contributed by atoms with Crippen LogP contribution >= 0.6 is 11.6 Å². The van der Waals surface area contributed by atoms with Gasteiger partial charge in [-0.25, -0.2) is 4.98 Å². The summed E-state index contributed by atoms with van der Waals surface area (Å²) < 4.78 is 5.94. The minimum atomic E-state index is 0.289. The van der Waals surface area contributed by atoms with E-state index in [1.54, 1.807) is 18.3 Å². The Morgan fingerprint density at radius 1 is 1.29 bits per heavy atom. The van der Waals surface area contributed by atoms with Crippen molar-refractivity contribution >= 4 is 11.6 Å². The molecule has 17 heavy (non-hydrogen) atoms. The Balaban J connectivity index is 1.65. The lowest BCUT2D eigenvalue weighted by atomic mass is 9.85. The highest BCUT2D eigenvalue weighted by Crippen LogP contribution is 2.28. The van der Waals surface area contributed by atoms with Gasteiger partial charge in [-0.3, -0.25) is 0 Å². The van der Waals surface area contributed by atoms with E-state index >= 15 is 0 Å². The third-order valence-corrected chi connectivity index (χ3v) is 3.89. The monoisotopic (exact) mass is 252 g/mol. The van der Waals surface area contributed by atoms with Gasteiger partial charge in [0.25, 0.3) is 0 Å². The Morgan fingerprint density at radius 2 is 2.06 bits per heavy atom. The topological polar surface area (TPSA) is 34.1 Å². The Kier molecular flexibility index (Phi) is 3.21. The van der Waals surface area contributed by atoms with Crippen LogP contribution in [0.15, 0.2) is 18.3 Å². The number of hydrogen-bond donors (Lipinski definition) is 1. The molecule has 0 aliphatic carbocycles. The molecular weight excluding hydrogens is 236 g/mol. The zero-order valence-corrected chi connectivity index (χ0v) is 10.5. The van der Waals surface area contributed by atoms with Gasteiger partial charge in [0.1, 0.15) is 6.10 Å². The molecule has 4 heteroatoms. The molecule has 2 fully saturated rings. The van der Waals surface area contributed by atoms with Crippen molar-refractivity contribution in [1.29, 1.82) is 0 Å². The third-order valence-electron chi connectivity index (χ3n) is 3.66. The quantitative estimate of drug-likeness (QED) is 0.879. The van der Waals surface area contributed by atoms with E-state index in [1.807, 2.05) is 0 Å². The maximum Gasteiger partial charge on any atom is 0.214 e. The van der Waals surface area contributed by atoms with Crippen LogP contribution in [0.2, 0.25) is 5.02 Å². The molecule has 2 bridgehead atoms. The number of nitrogens with one attached hydrogen (secondary N) is 1. The van der Waals surface area contributed by atoms with Crippen LogP contribution in [0.4, 0.5) is 0 Å². The van der Waals surface area contributed by atoms with Gasteiger partial charge in [0.2, 0.25) is 5.88 Å². The summed E-state index contributed by atoms with van der Waals surface area (Å²) in [6.45, 7) is 0. The number of fused-ring (bicyclic) bond motifs is 2. The molecule has 0 saturated carbocycles. The zero-order chi connectivity index (χ0) is 11.7. The number of nitrogens with zero attached hydrogens (tertiary/aromatic N) is 1. The fourth-order valence-electron chi connectivity index (χ4n) is 2.93. The lowest BCUT2D eigenvalue weighted by Crippen LogP contribution is -2.51. The summed E-state index contributed by atoms with van der Waals surface area (Å²) >= 11 is 5.93. The predicted molar refractivity (Wildman–Crippen MR) is 67.5 cm³/mol. The second-order valence-electron chi connectivity index (χ2n) is 5.01. The number of pyridine rings is 1. The molecule has 3 atom stereocenters. The Labute approximate surface area is 107 Å². The highest BCUT2D eigenvalue weighted by Gasteiger charge is 2.32. The Hall–Kier alpha value is -0.800. The Bertz CT molecular complexity index is 387. The lowest BCUT2D eigenvalue weighted by Gasteiger charge is -2.40. The summed E-state index contributed by atoms with van der Waals surface area (Å²) in [6, 6.07) is 4.82. The lowest BCUT2D eigenvalue weighted by molar-refractivity contribution is 0.0890. The smallest absolute Gasteiger partial charge is 0.214 e. The standard InChI is InChI=1S/C13H17ClN2O/c14-9-4-5-15-13(6-9)17-12-7-10-2-1-3-11(8-12)16-10/h4-6,10-12,16H,1-3,7-8H2/t10-,11+,12-. The van der Waals surface area contributed by atoms with Gasteiger partial charge >= 0.3 is 0 Å². The zero-order valence-electron chi connectivity index (χ0n) is 9.73. The van der Waals surface area contributed by atoms with E-state index in [4.69, 9.17) is 16.3 Å². The second kappa shape index (κ2) is 4.83. The highest BCUT2D eigenvalue weighted by molar-refractivity contribution is 6.30. The third kappa shape index (κ3) is 2.72. The van der Waals surface area contributed by atoms with E-state index < -0.39 is 0 Å². The van der Waals surface area contributed by atoms with Gasteiger partial charge in [0, 0.05) is 29.4 Å². The first kappa shape index (κ1) is 11.3. The van der Waals surface area contributed by atoms with Crippen LogP contribution in [0.3, 0.4) is 0 Å². The van der Waals surface area contributed by atoms with Crippen LogP contribution in [-0.2, 0) is 0 Å². The van der Waals surface area contributed by atoms with Crippen LogP contribution < -0.4 is 10.1 Å². The number of rotatable bonds is 2. The van der Waals surface area contributed by atoms with Gasteiger partial charge in [0.05, 0.1) is 0 Å². The van der Waals surface area contributed by atoms with Crippen LogP contribution in [0, 0.1) is 0 Å². The maximum absolute atomic E-state index is 5.94. The van der Waals surface area contributed by atoms with Crippen LogP contribution in [0.1, 0.15) is 32.1 Å². The van der Waals surface area contributed by atoms with E-state index in [-0.39, 0.29) is 6.10 Å². The van der Waals surface area contributed by atoms with E-state index in [9.17, 15) is 0 Å². The average Bonchev–Trinajstić information content (AvgIpc) is 2.28. The van der Waals surface area contributed by atoms with Gasteiger partial charge in [-0.05, 0) is 31.7 Å². The maximum atomic E-state index is 5.94. The molecule has 0 amide bonds. The summed E-state index contributed by atoms with van der Waals surface area (Å²) in [5.74, 6) is 0.655. The highest BCUT2D eigenvalue weighted by atomic mass is 35.5. The predicted octanol–water partition coefficient (Wildman–Crippen LogP) is 2.79. The molecule has 1 aromatic heterocycles. The van der Waals surface area contributed by atoms with E-state index in [2.05, 4.69) is 10.3 Å². The normalized spacial score (nSPS) is 32.2. The van der Waals surface area contributed by atoms with Crippen molar-refractivity contribution in [2.24, 2.45) is 0 Å². The van der Waals surface area contributed by atoms with Gasteiger partial charge in [0.15, 0.2) is 0 Å². The van der Waals surface area contributed by atoms with E-state index in [0.717, 1.165) is 12.8 Å². The van der Waals surface area contributed by atoms with Crippen molar-refractivity contribution in [3.63, 3.8) is 0 Å². The largest absolute Gasteiger partial charge is 0.474 e. The van der Waals surface area contributed by atoms with Crippen molar-refractivity contribution in [2.75, 3.05) is 0 Å². The fraction of sp³-hybridized carbons (Fsp3) is 0.615. The van der Waals surface area contributed by atoms with Crippen molar-refractivity contribution in [3.8, 4) is 5.88 Å². The van der Waals surface area contributed by atoms with Crippen molar-refractivity contribution in [3.05, 3.63) is 23.4 Å². The van der Waals surface area contributed by atoms with Crippen LogP contribution in [0.5, 0.6) is 5.88 Å². The summed E-state index contributed by atoms with van der Waals surface area (Å²) in [6.07, 6.45) is 8.07. The number of ether oxygens (including phenoxy) is 1. The molecule has 2 saturated heterocycles. The molecule has 0 unspecified atom stereocenters. The van der Waals surface area contributed by atoms with Crippen LogP contribution in [-0.4, -0.2) is 23.2 Å². The molecule has 2 aliphatic rings. The fourth-order valence-corrected chi connectivity index (χ4v) is 3.08. The second-order valence-corrected chi connectivity index (χ2v) is 5.45. The average molecular weight is 253 g/mol. The molecule has 3 rings (SSSR count). The summed E-state index contributed by atoms with van der Waals surface area (Å²) in [5, 5.41) is 4.34. The number of hydrogen-bond acceptors (Lipinski definition) is 3. The van der Waals surface area contributed by atoms with Gasteiger partial charge in [-0.15, -0.1) is 0 Å². The molecule has 0 radical (unpaired) electrons. The number of aromatic nitrogens is 1. The number of halogens is 1. The molecule has 1 N–H and O–H groups in total. The molecule has 2 aliphatic heterocycles. The first-order chi connectivity index (χ1) is 8.29. The summed E-state index contributed by atoms with van der Waals surface area (Å²) in [5.41, 5.74) is 0. The minimum absolute atomic E-state index is 0.289. The van der Waals surface area contributed by atoms with Crippen molar-refractivity contribution in [2.45, 2.75) is 50.3 Å². The van der Waals surface area contributed by atoms with E-state index in [1.165, 1.54) is 19.3 Å². The number of piperidine rings is 2. The molecule has 92 valence electrons. The van der Waals surface area contributed by atoms with Gasteiger partial charge in [-0.2, -0.15) is 0 Å². The molecule has 0 aromatic carbocycles. The summed E-state index contributed by atoms with van der Waals surface area (Å²) in [4.78, 5) is 4.20. The van der Waals surface area contributed by atoms with Crippen molar-refractivity contribution < 1.29 is 4.74 Å².